The van der Waals surface area contributed by atoms with Crippen LogP contribution < -0.4 is 10.1 Å². The summed E-state index contributed by atoms with van der Waals surface area (Å²) >= 11 is 1.82. The minimum Gasteiger partial charge on any atom is -0.497 e. The maximum Gasteiger partial charge on any atom is 0.118 e. The van der Waals surface area contributed by atoms with Crippen LogP contribution in [0.1, 0.15) is 17.5 Å². The van der Waals surface area contributed by atoms with Gasteiger partial charge in [0.2, 0.25) is 0 Å². The lowest BCUT2D eigenvalue weighted by Crippen LogP contribution is -2.20. The van der Waals surface area contributed by atoms with Crippen LogP contribution >= 0.6 is 11.8 Å². The molecule has 0 spiro atoms. The SMILES string of the molecule is COc1ccc(Sc2ccc(C)cc2C2=CCNCC2)cc1. The van der Waals surface area contributed by atoms with Crippen molar-refractivity contribution in [3.8, 4) is 5.75 Å². The molecule has 0 aromatic heterocycles. The van der Waals surface area contributed by atoms with Gasteiger partial charge < -0.3 is 10.1 Å². The third kappa shape index (κ3) is 3.54. The zero-order valence-corrected chi connectivity index (χ0v) is 13.9. The monoisotopic (exact) mass is 311 g/mol. The van der Waals surface area contributed by atoms with Crippen molar-refractivity contribution in [2.24, 2.45) is 0 Å². The Morgan fingerprint density at radius 1 is 1.09 bits per heavy atom. The van der Waals surface area contributed by atoms with Crippen LogP contribution in [0.3, 0.4) is 0 Å². The van der Waals surface area contributed by atoms with Gasteiger partial charge in [0.15, 0.2) is 0 Å². The number of hydrogen-bond donors (Lipinski definition) is 1. The summed E-state index contributed by atoms with van der Waals surface area (Å²) in [6.45, 7) is 4.19. The van der Waals surface area contributed by atoms with Crippen LogP contribution in [0.4, 0.5) is 0 Å². The molecular weight excluding hydrogens is 290 g/mol. The highest BCUT2D eigenvalue weighted by atomic mass is 32.2. The van der Waals surface area contributed by atoms with Crippen molar-refractivity contribution >= 4 is 17.3 Å². The molecule has 0 saturated carbocycles. The Morgan fingerprint density at radius 3 is 2.59 bits per heavy atom. The van der Waals surface area contributed by atoms with Crippen LogP contribution in [-0.2, 0) is 0 Å². The molecular formula is C19H21NOS. The molecule has 0 atom stereocenters. The summed E-state index contributed by atoms with van der Waals surface area (Å²) in [4.78, 5) is 2.56. The number of hydrogen-bond acceptors (Lipinski definition) is 3. The third-order valence-electron chi connectivity index (χ3n) is 3.83. The number of aryl methyl sites for hydroxylation is 1. The quantitative estimate of drug-likeness (QED) is 0.896. The zero-order valence-electron chi connectivity index (χ0n) is 13.1. The van der Waals surface area contributed by atoms with Crippen molar-refractivity contribution in [2.45, 2.75) is 23.1 Å². The smallest absolute Gasteiger partial charge is 0.118 e. The lowest BCUT2D eigenvalue weighted by atomic mass is 9.99. The molecule has 1 heterocycles. The highest BCUT2D eigenvalue weighted by Gasteiger charge is 2.12. The molecule has 114 valence electrons. The van der Waals surface area contributed by atoms with E-state index in [2.05, 4.69) is 48.6 Å². The van der Waals surface area contributed by atoms with Gasteiger partial charge in [0.1, 0.15) is 5.75 Å². The number of methoxy groups -OCH3 is 1. The molecule has 3 heteroatoms. The van der Waals surface area contributed by atoms with Crippen LogP contribution in [-0.4, -0.2) is 20.2 Å². The van der Waals surface area contributed by atoms with Crippen LogP contribution in [0, 0.1) is 6.92 Å². The van der Waals surface area contributed by atoms with E-state index in [1.54, 1.807) is 7.11 Å². The first-order chi connectivity index (χ1) is 10.8. The van der Waals surface area contributed by atoms with Gasteiger partial charge in [0, 0.05) is 16.3 Å². The Labute approximate surface area is 136 Å². The largest absolute Gasteiger partial charge is 0.497 e. The minimum absolute atomic E-state index is 0.898. The maximum absolute atomic E-state index is 5.23. The zero-order chi connectivity index (χ0) is 15.4. The van der Waals surface area contributed by atoms with Gasteiger partial charge in [-0.3, -0.25) is 0 Å². The second-order valence-corrected chi connectivity index (χ2v) is 6.58. The number of rotatable bonds is 4. The summed E-state index contributed by atoms with van der Waals surface area (Å²) in [5.74, 6) is 0.898. The maximum atomic E-state index is 5.23. The Hall–Kier alpha value is -1.71. The fourth-order valence-corrected chi connectivity index (χ4v) is 3.58. The average Bonchev–Trinajstić information content (AvgIpc) is 2.58. The molecule has 0 saturated heterocycles. The summed E-state index contributed by atoms with van der Waals surface area (Å²) in [6.07, 6.45) is 3.41. The second kappa shape index (κ2) is 7.03. The molecule has 0 radical (unpaired) electrons. The first-order valence-electron chi connectivity index (χ1n) is 7.59. The topological polar surface area (TPSA) is 21.3 Å². The predicted molar refractivity (Wildman–Crippen MR) is 93.8 cm³/mol. The second-order valence-electron chi connectivity index (χ2n) is 5.46. The standard InChI is InChI=1S/C19H21NOS/c1-14-3-8-19(18(13-14)15-9-11-20-12-10-15)22-17-6-4-16(21-2)5-7-17/h3-9,13,20H,10-12H2,1-2H3. The molecule has 2 aromatic rings. The van der Waals surface area contributed by atoms with Gasteiger partial charge in [-0.1, -0.05) is 35.5 Å². The van der Waals surface area contributed by atoms with Gasteiger partial charge in [0.25, 0.3) is 0 Å². The van der Waals surface area contributed by atoms with E-state index in [0.29, 0.717) is 0 Å². The number of ether oxygens (including phenoxy) is 1. The van der Waals surface area contributed by atoms with Crippen molar-refractivity contribution in [3.05, 3.63) is 59.7 Å². The highest BCUT2D eigenvalue weighted by molar-refractivity contribution is 7.99. The van der Waals surface area contributed by atoms with E-state index in [-0.39, 0.29) is 0 Å². The van der Waals surface area contributed by atoms with E-state index in [9.17, 15) is 0 Å². The Bertz CT molecular complexity index is 676. The van der Waals surface area contributed by atoms with E-state index in [1.807, 2.05) is 23.9 Å². The van der Waals surface area contributed by atoms with Gasteiger partial charge in [-0.15, -0.1) is 0 Å². The predicted octanol–water partition coefficient (Wildman–Crippen LogP) is 4.53. The van der Waals surface area contributed by atoms with E-state index >= 15 is 0 Å². The van der Waals surface area contributed by atoms with Gasteiger partial charge in [0.05, 0.1) is 7.11 Å². The average molecular weight is 311 g/mol. The molecule has 2 nitrogen and oxygen atoms in total. The van der Waals surface area contributed by atoms with Crippen molar-refractivity contribution in [1.82, 2.24) is 5.32 Å². The van der Waals surface area contributed by atoms with Crippen molar-refractivity contribution in [3.63, 3.8) is 0 Å². The first-order valence-corrected chi connectivity index (χ1v) is 8.40. The van der Waals surface area contributed by atoms with Crippen LogP contribution in [0.5, 0.6) is 5.75 Å². The molecule has 0 unspecified atom stereocenters. The lowest BCUT2D eigenvalue weighted by molar-refractivity contribution is 0.414. The highest BCUT2D eigenvalue weighted by Crippen LogP contribution is 2.36. The normalized spacial score (nSPS) is 14.5. The van der Waals surface area contributed by atoms with Gasteiger partial charge in [-0.2, -0.15) is 0 Å². The molecule has 0 bridgehead atoms. The number of nitrogens with one attached hydrogen (secondary N) is 1. The van der Waals surface area contributed by atoms with Gasteiger partial charge in [-0.05, 0) is 61.4 Å². The summed E-state index contributed by atoms with van der Waals surface area (Å²) in [6, 6.07) is 15.0. The lowest BCUT2D eigenvalue weighted by Gasteiger charge is -2.18. The summed E-state index contributed by atoms with van der Waals surface area (Å²) in [5.41, 5.74) is 4.15. The summed E-state index contributed by atoms with van der Waals surface area (Å²) in [7, 11) is 1.70. The van der Waals surface area contributed by atoms with E-state index in [4.69, 9.17) is 4.74 Å². The van der Waals surface area contributed by atoms with Crippen LogP contribution in [0.2, 0.25) is 0 Å². The molecule has 22 heavy (non-hydrogen) atoms. The molecule has 0 fully saturated rings. The molecule has 1 aliphatic heterocycles. The fraction of sp³-hybridized carbons (Fsp3) is 0.263. The van der Waals surface area contributed by atoms with Gasteiger partial charge in [-0.25, -0.2) is 0 Å². The molecule has 0 aliphatic carbocycles. The Balaban J connectivity index is 1.90. The van der Waals surface area contributed by atoms with Crippen LogP contribution in [0.25, 0.3) is 5.57 Å². The molecule has 0 amide bonds. The van der Waals surface area contributed by atoms with E-state index in [0.717, 1.165) is 25.3 Å². The van der Waals surface area contributed by atoms with Crippen LogP contribution in [0.15, 0.2) is 58.3 Å². The fourth-order valence-electron chi connectivity index (χ4n) is 2.62. The van der Waals surface area contributed by atoms with Crippen molar-refractivity contribution in [1.29, 1.82) is 0 Å². The summed E-state index contributed by atoms with van der Waals surface area (Å²) in [5, 5.41) is 3.38. The molecule has 3 rings (SSSR count). The van der Waals surface area contributed by atoms with Crippen molar-refractivity contribution in [2.75, 3.05) is 20.2 Å². The molecule has 1 aliphatic rings. The van der Waals surface area contributed by atoms with E-state index < -0.39 is 0 Å². The Kier molecular flexibility index (Phi) is 4.86. The first kappa shape index (κ1) is 15.2. The Morgan fingerprint density at radius 2 is 1.91 bits per heavy atom. The van der Waals surface area contributed by atoms with Gasteiger partial charge >= 0.3 is 0 Å². The number of benzene rings is 2. The minimum atomic E-state index is 0.898. The third-order valence-corrected chi connectivity index (χ3v) is 4.92. The molecule has 2 aromatic carbocycles. The summed E-state index contributed by atoms with van der Waals surface area (Å²) < 4.78 is 5.23. The molecule has 1 N–H and O–H groups in total. The van der Waals surface area contributed by atoms with E-state index in [1.165, 1.54) is 26.5 Å². The van der Waals surface area contributed by atoms with Crippen molar-refractivity contribution < 1.29 is 4.74 Å².